The number of hydrogen-bond donors (Lipinski definition) is 2. The maximum Gasteiger partial charge on any atom is 0.312 e. The molecule has 5 unspecified atom stereocenters. The van der Waals surface area contributed by atoms with Crippen LogP contribution in [0.2, 0.25) is 0 Å². The molecule has 0 spiro atoms. The van der Waals surface area contributed by atoms with E-state index in [0.717, 1.165) is 6.42 Å². The molecule has 0 amide bonds. The highest BCUT2D eigenvalue weighted by molar-refractivity contribution is 5.98. The fourth-order valence-corrected chi connectivity index (χ4v) is 4.06. The molecule has 5 nitrogen and oxygen atoms in total. The number of aliphatic hydroxyl groups is 2. The molecular weight excluding hydrogens is 272 g/mol. The van der Waals surface area contributed by atoms with Gasteiger partial charge in [-0.1, -0.05) is 6.92 Å². The number of allylic oxidation sites excluding steroid dienone is 1. The zero-order chi connectivity index (χ0) is 16.0. The minimum absolute atomic E-state index is 0.122. The molecule has 0 saturated heterocycles. The van der Waals surface area contributed by atoms with Crippen molar-refractivity contribution in [2.75, 3.05) is 7.11 Å². The summed E-state index contributed by atoms with van der Waals surface area (Å²) in [6, 6.07) is 0. The van der Waals surface area contributed by atoms with Gasteiger partial charge >= 0.3 is 5.97 Å². The van der Waals surface area contributed by atoms with Gasteiger partial charge in [0.1, 0.15) is 0 Å². The standard InChI is InChI=1S/C16H24O5/c1-9(14(19)21-4)10-8-11(17)15(2)6-5-7-16(3,20)13(15)12(10)18/h8-9,12-13,18,20H,5-7H2,1-4H3. The van der Waals surface area contributed by atoms with Gasteiger partial charge in [-0.3, -0.25) is 9.59 Å². The van der Waals surface area contributed by atoms with Crippen LogP contribution in [0.5, 0.6) is 0 Å². The highest BCUT2D eigenvalue weighted by atomic mass is 16.5. The quantitative estimate of drug-likeness (QED) is 0.749. The lowest BCUT2D eigenvalue weighted by molar-refractivity contribution is -0.162. The van der Waals surface area contributed by atoms with E-state index in [-0.39, 0.29) is 5.78 Å². The van der Waals surface area contributed by atoms with Crippen molar-refractivity contribution in [1.29, 1.82) is 0 Å². The van der Waals surface area contributed by atoms with Crippen molar-refractivity contribution in [3.63, 3.8) is 0 Å². The van der Waals surface area contributed by atoms with E-state index in [1.54, 1.807) is 20.8 Å². The van der Waals surface area contributed by atoms with Crippen LogP contribution in [0.3, 0.4) is 0 Å². The molecule has 0 aromatic carbocycles. The Morgan fingerprint density at radius 2 is 2.05 bits per heavy atom. The average Bonchev–Trinajstić information content (AvgIpc) is 2.40. The first-order valence-electron chi connectivity index (χ1n) is 7.39. The van der Waals surface area contributed by atoms with Crippen LogP contribution in [-0.4, -0.2) is 40.8 Å². The molecule has 0 aromatic rings. The molecule has 5 atom stereocenters. The summed E-state index contributed by atoms with van der Waals surface area (Å²) in [5.74, 6) is -1.91. The lowest BCUT2D eigenvalue weighted by atomic mass is 9.53. The van der Waals surface area contributed by atoms with Crippen molar-refractivity contribution in [1.82, 2.24) is 0 Å². The van der Waals surface area contributed by atoms with Crippen molar-refractivity contribution < 1.29 is 24.5 Å². The molecule has 118 valence electrons. The molecule has 21 heavy (non-hydrogen) atoms. The van der Waals surface area contributed by atoms with Gasteiger partial charge in [0.2, 0.25) is 0 Å². The second kappa shape index (κ2) is 5.21. The van der Waals surface area contributed by atoms with Gasteiger partial charge in [0.15, 0.2) is 5.78 Å². The molecule has 2 rings (SSSR count). The maximum atomic E-state index is 12.6. The topological polar surface area (TPSA) is 83.8 Å². The first-order chi connectivity index (χ1) is 9.65. The van der Waals surface area contributed by atoms with Gasteiger partial charge in [-0.05, 0) is 44.8 Å². The van der Waals surface area contributed by atoms with Gasteiger partial charge < -0.3 is 14.9 Å². The third kappa shape index (κ3) is 2.42. The summed E-state index contributed by atoms with van der Waals surface area (Å²) in [7, 11) is 1.28. The maximum absolute atomic E-state index is 12.6. The average molecular weight is 296 g/mol. The molecular formula is C16H24O5. The van der Waals surface area contributed by atoms with Crippen molar-refractivity contribution >= 4 is 11.8 Å². The van der Waals surface area contributed by atoms with Crippen LogP contribution in [0.15, 0.2) is 11.6 Å². The Labute approximate surface area is 125 Å². The smallest absolute Gasteiger partial charge is 0.312 e. The third-order valence-electron chi connectivity index (χ3n) is 5.31. The van der Waals surface area contributed by atoms with E-state index in [4.69, 9.17) is 4.74 Å². The normalized spacial score (nSPS) is 41.0. The number of rotatable bonds is 2. The van der Waals surface area contributed by atoms with E-state index in [0.29, 0.717) is 18.4 Å². The van der Waals surface area contributed by atoms with Gasteiger partial charge in [0, 0.05) is 11.3 Å². The highest BCUT2D eigenvalue weighted by Gasteiger charge is 2.57. The molecule has 0 heterocycles. The van der Waals surface area contributed by atoms with Crippen LogP contribution in [0.4, 0.5) is 0 Å². The first kappa shape index (κ1) is 16.2. The number of ketones is 1. The van der Waals surface area contributed by atoms with Gasteiger partial charge in [0.25, 0.3) is 0 Å². The Hall–Kier alpha value is -1.20. The summed E-state index contributed by atoms with van der Waals surface area (Å²) < 4.78 is 4.70. The van der Waals surface area contributed by atoms with Crippen molar-refractivity contribution in [2.24, 2.45) is 17.3 Å². The minimum atomic E-state index is -1.13. The van der Waals surface area contributed by atoms with Crippen LogP contribution in [0.1, 0.15) is 40.0 Å². The van der Waals surface area contributed by atoms with Gasteiger partial charge in [-0.15, -0.1) is 0 Å². The zero-order valence-corrected chi connectivity index (χ0v) is 13.0. The van der Waals surface area contributed by atoms with Crippen LogP contribution in [-0.2, 0) is 14.3 Å². The molecule has 2 N–H and O–H groups in total. The monoisotopic (exact) mass is 296 g/mol. The second-order valence-corrected chi connectivity index (χ2v) is 6.80. The first-order valence-corrected chi connectivity index (χ1v) is 7.39. The number of hydrogen-bond acceptors (Lipinski definition) is 5. The highest BCUT2D eigenvalue weighted by Crippen LogP contribution is 2.53. The zero-order valence-electron chi connectivity index (χ0n) is 13.0. The van der Waals surface area contributed by atoms with Crippen LogP contribution >= 0.6 is 0 Å². The van der Waals surface area contributed by atoms with Gasteiger partial charge in [-0.25, -0.2) is 0 Å². The Morgan fingerprint density at radius 3 is 2.62 bits per heavy atom. The summed E-state index contributed by atoms with van der Waals surface area (Å²) in [5, 5.41) is 21.4. The fourth-order valence-electron chi connectivity index (χ4n) is 4.06. The summed E-state index contributed by atoms with van der Waals surface area (Å²) in [6.07, 6.45) is 2.28. The number of fused-ring (bicyclic) bond motifs is 1. The Balaban J connectivity index is 2.47. The number of aliphatic hydroxyl groups excluding tert-OH is 1. The molecule has 5 heteroatoms. The SMILES string of the molecule is COC(=O)C(C)C1=CC(=O)C2(C)CCCC(C)(O)C2C1O. The van der Waals surface area contributed by atoms with Crippen molar-refractivity contribution in [3.05, 3.63) is 11.6 Å². The largest absolute Gasteiger partial charge is 0.469 e. The second-order valence-electron chi connectivity index (χ2n) is 6.80. The number of esters is 1. The van der Waals surface area contributed by atoms with E-state index in [9.17, 15) is 19.8 Å². The summed E-state index contributed by atoms with van der Waals surface area (Å²) >= 11 is 0. The third-order valence-corrected chi connectivity index (χ3v) is 5.31. The number of methoxy groups -OCH3 is 1. The number of ether oxygens (including phenoxy) is 1. The van der Waals surface area contributed by atoms with E-state index < -0.39 is 34.9 Å². The minimum Gasteiger partial charge on any atom is -0.469 e. The van der Waals surface area contributed by atoms with Gasteiger partial charge in [0.05, 0.1) is 24.7 Å². The molecule has 1 saturated carbocycles. The predicted molar refractivity (Wildman–Crippen MR) is 76.3 cm³/mol. The molecule has 0 bridgehead atoms. The van der Waals surface area contributed by atoms with E-state index in [2.05, 4.69) is 0 Å². The van der Waals surface area contributed by atoms with Crippen LogP contribution in [0, 0.1) is 17.3 Å². The Morgan fingerprint density at radius 1 is 1.43 bits per heavy atom. The molecule has 0 aromatic heterocycles. The number of carbonyl (C=O) groups excluding carboxylic acids is 2. The van der Waals surface area contributed by atoms with Crippen molar-refractivity contribution in [2.45, 2.75) is 51.7 Å². The van der Waals surface area contributed by atoms with E-state index in [1.807, 2.05) is 0 Å². The number of carbonyl (C=O) groups is 2. The summed E-state index contributed by atoms with van der Waals surface area (Å²) in [4.78, 5) is 24.3. The van der Waals surface area contributed by atoms with Crippen molar-refractivity contribution in [3.8, 4) is 0 Å². The molecule has 2 aliphatic carbocycles. The lowest BCUT2D eigenvalue weighted by Gasteiger charge is -2.53. The molecule has 1 fully saturated rings. The van der Waals surface area contributed by atoms with E-state index >= 15 is 0 Å². The Kier molecular flexibility index (Phi) is 4.02. The molecule has 2 aliphatic rings. The molecule has 0 radical (unpaired) electrons. The Bertz CT molecular complexity index is 493. The predicted octanol–water partition coefficient (Wildman–Crippen LogP) is 1.22. The van der Waals surface area contributed by atoms with Crippen LogP contribution < -0.4 is 0 Å². The van der Waals surface area contributed by atoms with Gasteiger partial charge in [-0.2, -0.15) is 0 Å². The molecule has 0 aliphatic heterocycles. The van der Waals surface area contributed by atoms with E-state index in [1.165, 1.54) is 13.2 Å². The summed E-state index contributed by atoms with van der Waals surface area (Å²) in [6.45, 7) is 5.07. The van der Waals surface area contributed by atoms with Crippen LogP contribution in [0.25, 0.3) is 0 Å². The summed E-state index contributed by atoms with van der Waals surface area (Å²) in [5.41, 5.74) is -1.56. The fraction of sp³-hybridized carbons (Fsp3) is 0.750. The lowest BCUT2D eigenvalue weighted by Crippen LogP contribution is -2.59.